The van der Waals surface area contributed by atoms with Crippen LogP contribution in [0.5, 0.6) is 0 Å². The Morgan fingerprint density at radius 1 is 0.792 bits per heavy atom. The number of rotatable bonds is 3. The SMILES string of the molecule is N#Cc1[nH]ccc1C1=CC=C(c2cccc(-c3ccccc3)c2)C1. The molecule has 0 bridgehead atoms. The van der Waals surface area contributed by atoms with Gasteiger partial charge in [-0.3, -0.25) is 0 Å². The fourth-order valence-corrected chi connectivity index (χ4v) is 3.17. The number of aromatic amines is 1. The highest BCUT2D eigenvalue weighted by Crippen LogP contribution is 2.36. The minimum atomic E-state index is 0.633. The molecule has 1 aliphatic carbocycles. The van der Waals surface area contributed by atoms with Crippen LogP contribution in [0.3, 0.4) is 0 Å². The van der Waals surface area contributed by atoms with Crippen LogP contribution in [0.15, 0.2) is 79.0 Å². The molecule has 0 aliphatic heterocycles. The van der Waals surface area contributed by atoms with Gasteiger partial charge in [0, 0.05) is 11.8 Å². The van der Waals surface area contributed by atoms with Crippen LogP contribution >= 0.6 is 0 Å². The Morgan fingerprint density at radius 3 is 2.38 bits per heavy atom. The summed E-state index contributed by atoms with van der Waals surface area (Å²) in [5, 5.41) is 9.19. The zero-order valence-corrected chi connectivity index (χ0v) is 13.2. The highest BCUT2D eigenvalue weighted by molar-refractivity contribution is 5.88. The molecular weight excluding hydrogens is 292 g/mol. The maximum absolute atomic E-state index is 9.19. The van der Waals surface area contributed by atoms with E-state index < -0.39 is 0 Å². The molecule has 0 fully saturated rings. The van der Waals surface area contributed by atoms with Gasteiger partial charge in [0.1, 0.15) is 11.8 Å². The number of benzene rings is 2. The second-order valence-corrected chi connectivity index (χ2v) is 5.89. The molecule has 0 saturated heterocycles. The van der Waals surface area contributed by atoms with Crippen molar-refractivity contribution in [1.29, 1.82) is 5.26 Å². The first-order valence-corrected chi connectivity index (χ1v) is 7.98. The van der Waals surface area contributed by atoms with E-state index in [1.807, 2.05) is 18.3 Å². The number of allylic oxidation sites excluding steroid dienone is 4. The molecular formula is C22H16N2. The lowest BCUT2D eigenvalue weighted by atomic mass is 9.96. The quantitative estimate of drug-likeness (QED) is 0.689. The van der Waals surface area contributed by atoms with E-state index in [0.29, 0.717) is 5.69 Å². The van der Waals surface area contributed by atoms with Crippen LogP contribution < -0.4 is 0 Å². The molecule has 0 amide bonds. The molecule has 1 heterocycles. The van der Waals surface area contributed by atoms with Crippen molar-refractivity contribution < 1.29 is 0 Å². The minimum Gasteiger partial charge on any atom is -0.353 e. The van der Waals surface area contributed by atoms with Crippen LogP contribution in [-0.4, -0.2) is 4.98 Å². The average Bonchev–Trinajstić information content (AvgIpc) is 3.31. The number of aromatic nitrogens is 1. The van der Waals surface area contributed by atoms with Crippen molar-refractivity contribution in [2.24, 2.45) is 0 Å². The Morgan fingerprint density at radius 2 is 1.54 bits per heavy atom. The smallest absolute Gasteiger partial charge is 0.125 e. The van der Waals surface area contributed by atoms with Gasteiger partial charge in [-0.1, -0.05) is 60.7 Å². The first-order valence-electron chi connectivity index (χ1n) is 7.98. The number of nitrogens with zero attached hydrogens (tertiary/aromatic N) is 1. The zero-order chi connectivity index (χ0) is 16.4. The highest BCUT2D eigenvalue weighted by atomic mass is 14.7. The molecule has 1 aromatic heterocycles. The second kappa shape index (κ2) is 6.06. The summed E-state index contributed by atoms with van der Waals surface area (Å²) in [7, 11) is 0. The van der Waals surface area contributed by atoms with E-state index in [1.54, 1.807) is 0 Å². The van der Waals surface area contributed by atoms with E-state index in [9.17, 15) is 5.26 Å². The normalized spacial score (nSPS) is 13.3. The van der Waals surface area contributed by atoms with E-state index in [4.69, 9.17) is 0 Å². The zero-order valence-electron chi connectivity index (χ0n) is 13.2. The van der Waals surface area contributed by atoms with Crippen LogP contribution in [0.4, 0.5) is 0 Å². The monoisotopic (exact) mass is 308 g/mol. The molecule has 0 unspecified atom stereocenters. The van der Waals surface area contributed by atoms with Crippen molar-refractivity contribution in [3.05, 3.63) is 95.8 Å². The Hall–Kier alpha value is -3.31. The summed E-state index contributed by atoms with van der Waals surface area (Å²) in [5.74, 6) is 0. The van der Waals surface area contributed by atoms with E-state index in [-0.39, 0.29) is 0 Å². The van der Waals surface area contributed by atoms with Crippen LogP contribution in [0.2, 0.25) is 0 Å². The summed E-state index contributed by atoms with van der Waals surface area (Å²) in [6.07, 6.45) is 6.95. The number of nitrogens with one attached hydrogen (secondary N) is 1. The van der Waals surface area contributed by atoms with Crippen LogP contribution in [-0.2, 0) is 0 Å². The van der Waals surface area contributed by atoms with Crippen molar-refractivity contribution >= 4 is 11.1 Å². The summed E-state index contributed by atoms with van der Waals surface area (Å²) in [5.41, 5.74) is 7.79. The van der Waals surface area contributed by atoms with Gasteiger partial charge in [-0.2, -0.15) is 5.26 Å². The van der Waals surface area contributed by atoms with Gasteiger partial charge in [0.25, 0.3) is 0 Å². The number of hydrogen-bond donors (Lipinski definition) is 1. The molecule has 4 rings (SSSR count). The standard InChI is InChI=1S/C22H16N2/c23-15-22-21(11-12-24-22)20-10-9-19(14-20)18-8-4-7-17(13-18)16-5-2-1-3-6-16/h1-13,24H,14H2. The van der Waals surface area contributed by atoms with Gasteiger partial charge in [-0.25, -0.2) is 0 Å². The Balaban J connectivity index is 1.60. The lowest BCUT2D eigenvalue weighted by Crippen LogP contribution is -1.87. The van der Waals surface area contributed by atoms with Gasteiger partial charge >= 0.3 is 0 Å². The molecule has 24 heavy (non-hydrogen) atoms. The summed E-state index contributed by atoms with van der Waals surface area (Å²) >= 11 is 0. The molecule has 1 N–H and O–H groups in total. The van der Waals surface area contributed by atoms with Gasteiger partial charge in [-0.15, -0.1) is 0 Å². The summed E-state index contributed by atoms with van der Waals surface area (Å²) in [6, 6.07) is 23.2. The third-order valence-electron chi connectivity index (χ3n) is 4.41. The largest absolute Gasteiger partial charge is 0.353 e. The molecule has 2 nitrogen and oxygen atoms in total. The highest BCUT2D eigenvalue weighted by Gasteiger charge is 2.15. The predicted molar refractivity (Wildman–Crippen MR) is 98.0 cm³/mol. The number of hydrogen-bond acceptors (Lipinski definition) is 1. The molecule has 2 aromatic carbocycles. The van der Waals surface area contributed by atoms with E-state index in [1.165, 1.54) is 27.8 Å². The lowest BCUT2D eigenvalue weighted by Gasteiger charge is -2.08. The minimum absolute atomic E-state index is 0.633. The Kier molecular flexibility index (Phi) is 3.61. The van der Waals surface area contributed by atoms with Crippen molar-refractivity contribution in [3.63, 3.8) is 0 Å². The lowest BCUT2D eigenvalue weighted by molar-refractivity contribution is 1.31. The second-order valence-electron chi connectivity index (χ2n) is 5.89. The van der Waals surface area contributed by atoms with Crippen LogP contribution in [0.1, 0.15) is 23.2 Å². The molecule has 1 aliphatic rings. The molecule has 0 saturated carbocycles. The van der Waals surface area contributed by atoms with E-state index >= 15 is 0 Å². The number of H-pyrrole nitrogens is 1. The summed E-state index contributed by atoms with van der Waals surface area (Å²) in [4.78, 5) is 2.99. The Labute approximate surface area is 141 Å². The van der Waals surface area contributed by atoms with Gasteiger partial charge < -0.3 is 4.98 Å². The topological polar surface area (TPSA) is 39.6 Å². The fourth-order valence-electron chi connectivity index (χ4n) is 3.17. The summed E-state index contributed by atoms with van der Waals surface area (Å²) < 4.78 is 0. The van der Waals surface area contributed by atoms with Gasteiger partial charge in [-0.05, 0) is 46.4 Å². The molecule has 3 aromatic rings. The van der Waals surface area contributed by atoms with Crippen molar-refractivity contribution in [1.82, 2.24) is 4.98 Å². The van der Waals surface area contributed by atoms with Crippen LogP contribution in [0, 0.1) is 11.3 Å². The first-order chi connectivity index (χ1) is 11.8. The average molecular weight is 308 g/mol. The third kappa shape index (κ3) is 2.57. The van der Waals surface area contributed by atoms with Gasteiger partial charge in [0.15, 0.2) is 0 Å². The molecule has 0 radical (unpaired) electrons. The van der Waals surface area contributed by atoms with Gasteiger partial charge in [0.2, 0.25) is 0 Å². The van der Waals surface area contributed by atoms with E-state index in [0.717, 1.165) is 12.0 Å². The first kappa shape index (κ1) is 14.3. The predicted octanol–water partition coefficient (Wildman–Crippen LogP) is 5.42. The van der Waals surface area contributed by atoms with Crippen LogP contribution in [0.25, 0.3) is 22.3 Å². The molecule has 114 valence electrons. The van der Waals surface area contributed by atoms with Crippen molar-refractivity contribution in [3.8, 4) is 17.2 Å². The third-order valence-corrected chi connectivity index (χ3v) is 4.41. The van der Waals surface area contributed by atoms with Gasteiger partial charge in [0.05, 0.1) is 0 Å². The fraction of sp³-hybridized carbons (Fsp3) is 0.0455. The molecule has 2 heteroatoms. The number of nitriles is 1. The summed E-state index contributed by atoms with van der Waals surface area (Å²) in [6.45, 7) is 0. The molecule has 0 atom stereocenters. The van der Waals surface area contributed by atoms with Crippen molar-refractivity contribution in [2.45, 2.75) is 6.42 Å². The Bertz CT molecular complexity index is 982. The molecule has 0 spiro atoms. The van der Waals surface area contributed by atoms with E-state index in [2.05, 4.69) is 71.7 Å². The maximum Gasteiger partial charge on any atom is 0.125 e. The maximum atomic E-state index is 9.19. The van der Waals surface area contributed by atoms with Crippen molar-refractivity contribution in [2.75, 3.05) is 0 Å².